The van der Waals surface area contributed by atoms with Gasteiger partial charge in [-0.15, -0.1) is 11.3 Å². The first-order valence-corrected chi connectivity index (χ1v) is 6.13. The molecule has 0 spiro atoms. The molecule has 2 heterocycles. The van der Waals surface area contributed by atoms with Gasteiger partial charge in [-0.2, -0.15) is 13.2 Å². The topological polar surface area (TPSA) is 62.7 Å². The van der Waals surface area contributed by atoms with Crippen LogP contribution in [0.3, 0.4) is 0 Å². The lowest BCUT2D eigenvalue weighted by atomic mass is 10.4. The summed E-state index contributed by atoms with van der Waals surface area (Å²) in [6, 6.07) is 1.41. The molecule has 0 saturated carbocycles. The van der Waals surface area contributed by atoms with E-state index in [1.54, 1.807) is 11.6 Å². The number of halogens is 3. The molecule has 2 aromatic rings. The zero-order valence-electron chi connectivity index (χ0n) is 9.82. The van der Waals surface area contributed by atoms with E-state index in [4.69, 9.17) is 0 Å². The molecule has 2 N–H and O–H groups in total. The summed E-state index contributed by atoms with van der Waals surface area (Å²) in [6.07, 6.45) is -2.95. The fourth-order valence-electron chi connectivity index (χ4n) is 1.30. The Labute approximate surface area is 110 Å². The van der Waals surface area contributed by atoms with Crippen molar-refractivity contribution in [1.29, 1.82) is 0 Å². The molecule has 0 aliphatic heterocycles. The summed E-state index contributed by atoms with van der Waals surface area (Å²) in [7, 11) is 1.49. The minimum absolute atomic E-state index is 0.0990. The largest absolute Gasteiger partial charge is 0.451 e. The van der Waals surface area contributed by atoms with Crippen molar-refractivity contribution in [3.63, 3.8) is 0 Å². The van der Waals surface area contributed by atoms with E-state index in [-0.39, 0.29) is 11.6 Å². The van der Waals surface area contributed by atoms with Gasteiger partial charge >= 0.3 is 6.18 Å². The average Bonchev–Trinajstić information content (AvgIpc) is 2.88. The summed E-state index contributed by atoms with van der Waals surface area (Å²) < 4.78 is 37.8. The Morgan fingerprint density at radius 1 is 1.26 bits per heavy atom. The molecule has 0 bridgehead atoms. The van der Waals surface area contributed by atoms with Crippen molar-refractivity contribution >= 4 is 23.0 Å². The molecule has 19 heavy (non-hydrogen) atoms. The maximum absolute atomic E-state index is 12.6. The second kappa shape index (κ2) is 5.39. The average molecular weight is 289 g/mol. The molecule has 102 valence electrons. The Morgan fingerprint density at radius 3 is 2.58 bits per heavy atom. The normalized spacial score (nSPS) is 11.4. The Hall–Kier alpha value is -1.90. The van der Waals surface area contributed by atoms with Gasteiger partial charge in [0.1, 0.15) is 16.6 Å². The molecule has 0 amide bonds. The number of thiazole rings is 1. The third kappa shape index (κ3) is 3.53. The lowest BCUT2D eigenvalue weighted by molar-refractivity contribution is -0.144. The molecule has 0 radical (unpaired) electrons. The molecule has 9 heteroatoms. The van der Waals surface area contributed by atoms with Crippen LogP contribution in [0.15, 0.2) is 17.6 Å². The van der Waals surface area contributed by atoms with Crippen LogP contribution in [-0.4, -0.2) is 22.0 Å². The van der Waals surface area contributed by atoms with Gasteiger partial charge in [0.2, 0.25) is 5.82 Å². The van der Waals surface area contributed by atoms with Gasteiger partial charge in [-0.05, 0) is 0 Å². The number of aromatic nitrogens is 3. The zero-order valence-corrected chi connectivity index (χ0v) is 10.6. The lowest BCUT2D eigenvalue weighted by Gasteiger charge is -2.10. The number of nitrogens with zero attached hydrogens (tertiary/aromatic N) is 3. The number of anilines is 2. The highest BCUT2D eigenvalue weighted by Gasteiger charge is 2.35. The van der Waals surface area contributed by atoms with Crippen molar-refractivity contribution in [2.24, 2.45) is 0 Å². The molecule has 0 aromatic carbocycles. The van der Waals surface area contributed by atoms with Crippen LogP contribution in [0.4, 0.5) is 24.8 Å². The third-order valence-corrected chi connectivity index (χ3v) is 2.92. The van der Waals surface area contributed by atoms with Crippen molar-refractivity contribution in [2.75, 3.05) is 17.7 Å². The SMILES string of the molecule is CNc1cc(NCc2nccs2)nc(C(F)(F)F)n1. The first kappa shape index (κ1) is 13.5. The monoisotopic (exact) mass is 289 g/mol. The van der Waals surface area contributed by atoms with E-state index in [0.29, 0.717) is 6.54 Å². The van der Waals surface area contributed by atoms with Gasteiger partial charge in [-0.1, -0.05) is 0 Å². The Bertz CT molecular complexity index is 541. The van der Waals surface area contributed by atoms with Crippen molar-refractivity contribution < 1.29 is 13.2 Å². The van der Waals surface area contributed by atoms with Crippen LogP contribution in [0.1, 0.15) is 10.8 Å². The van der Waals surface area contributed by atoms with Gasteiger partial charge < -0.3 is 10.6 Å². The summed E-state index contributed by atoms with van der Waals surface area (Å²) in [5.41, 5.74) is 0. The summed E-state index contributed by atoms with van der Waals surface area (Å²) in [4.78, 5) is 10.8. The number of hydrogen-bond donors (Lipinski definition) is 2. The van der Waals surface area contributed by atoms with Gasteiger partial charge in [0.05, 0.1) is 6.54 Å². The van der Waals surface area contributed by atoms with Gasteiger partial charge in [0.15, 0.2) is 0 Å². The summed E-state index contributed by atoms with van der Waals surface area (Å²) in [6.45, 7) is 0.315. The highest BCUT2D eigenvalue weighted by atomic mass is 32.1. The lowest BCUT2D eigenvalue weighted by Crippen LogP contribution is -2.14. The van der Waals surface area contributed by atoms with E-state index in [9.17, 15) is 13.2 Å². The van der Waals surface area contributed by atoms with Crippen molar-refractivity contribution in [1.82, 2.24) is 15.0 Å². The van der Waals surface area contributed by atoms with Crippen molar-refractivity contribution in [3.05, 3.63) is 28.5 Å². The summed E-state index contributed by atoms with van der Waals surface area (Å²) in [5, 5.41) is 7.91. The Kier molecular flexibility index (Phi) is 3.84. The molecule has 2 rings (SSSR count). The Morgan fingerprint density at radius 2 is 2.00 bits per heavy atom. The molecule has 0 saturated heterocycles. The van der Waals surface area contributed by atoms with E-state index >= 15 is 0 Å². The van der Waals surface area contributed by atoms with Crippen molar-refractivity contribution in [3.8, 4) is 0 Å². The van der Waals surface area contributed by atoms with Crippen LogP contribution in [0, 0.1) is 0 Å². The van der Waals surface area contributed by atoms with E-state index in [1.165, 1.54) is 24.5 Å². The van der Waals surface area contributed by atoms with Crippen LogP contribution in [0.2, 0.25) is 0 Å². The maximum atomic E-state index is 12.6. The first-order chi connectivity index (χ1) is 8.99. The fourth-order valence-corrected chi connectivity index (χ4v) is 1.86. The summed E-state index contributed by atoms with van der Waals surface area (Å²) in [5.74, 6) is -0.980. The van der Waals surface area contributed by atoms with E-state index in [1.807, 2.05) is 0 Å². The fraction of sp³-hybridized carbons (Fsp3) is 0.300. The highest BCUT2D eigenvalue weighted by Crippen LogP contribution is 2.28. The number of nitrogens with one attached hydrogen (secondary N) is 2. The standard InChI is InChI=1S/C10H10F3N5S/c1-14-6-4-7(16-5-8-15-2-3-19-8)18-9(17-6)10(11,12)13/h2-4H,5H2,1H3,(H2,14,16,17,18). The van der Waals surface area contributed by atoms with Gasteiger partial charge in [-0.25, -0.2) is 15.0 Å². The first-order valence-electron chi connectivity index (χ1n) is 5.25. The molecular weight excluding hydrogens is 279 g/mol. The molecule has 0 aliphatic rings. The number of rotatable bonds is 4. The van der Waals surface area contributed by atoms with Crippen LogP contribution in [0.5, 0.6) is 0 Å². The maximum Gasteiger partial charge on any atom is 0.451 e. The minimum Gasteiger partial charge on any atom is -0.373 e. The van der Waals surface area contributed by atoms with Crippen LogP contribution in [-0.2, 0) is 12.7 Å². The van der Waals surface area contributed by atoms with Crippen LogP contribution in [0.25, 0.3) is 0 Å². The van der Waals surface area contributed by atoms with E-state index in [2.05, 4.69) is 25.6 Å². The predicted octanol–water partition coefficient (Wildman–Crippen LogP) is 2.61. The number of alkyl halides is 3. The van der Waals surface area contributed by atoms with Crippen LogP contribution < -0.4 is 10.6 Å². The molecule has 2 aromatic heterocycles. The van der Waals surface area contributed by atoms with Crippen molar-refractivity contribution in [2.45, 2.75) is 12.7 Å². The smallest absolute Gasteiger partial charge is 0.373 e. The minimum atomic E-state index is -4.58. The van der Waals surface area contributed by atoms with E-state index in [0.717, 1.165) is 5.01 Å². The molecule has 0 fully saturated rings. The highest BCUT2D eigenvalue weighted by molar-refractivity contribution is 7.09. The van der Waals surface area contributed by atoms with Gasteiger partial charge in [0, 0.05) is 24.7 Å². The predicted molar refractivity (Wildman–Crippen MR) is 66.0 cm³/mol. The quantitative estimate of drug-likeness (QED) is 0.906. The third-order valence-electron chi connectivity index (χ3n) is 2.14. The van der Waals surface area contributed by atoms with Gasteiger partial charge in [0.25, 0.3) is 0 Å². The second-order valence-electron chi connectivity index (χ2n) is 3.49. The summed E-state index contributed by atoms with van der Waals surface area (Å²) >= 11 is 1.41. The molecule has 0 unspecified atom stereocenters. The Balaban J connectivity index is 2.19. The second-order valence-corrected chi connectivity index (χ2v) is 4.47. The number of hydrogen-bond acceptors (Lipinski definition) is 6. The molecule has 0 atom stereocenters. The molecular formula is C10H10F3N5S. The zero-order chi connectivity index (χ0) is 13.9. The molecule has 5 nitrogen and oxygen atoms in total. The van der Waals surface area contributed by atoms with Gasteiger partial charge in [-0.3, -0.25) is 0 Å². The van der Waals surface area contributed by atoms with Crippen LogP contribution >= 0.6 is 11.3 Å². The van der Waals surface area contributed by atoms with E-state index < -0.39 is 12.0 Å². The molecule has 0 aliphatic carbocycles.